The minimum absolute atomic E-state index is 0.134. The van der Waals surface area contributed by atoms with Crippen LogP contribution in [0.1, 0.15) is 96.0 Å². The number of carbonyl (C=O) groups is 2. The monoisotopic (exact) mass is 735 g/mol. The summed E-state index contributed by atoms with van der Waals surface area (Å²) < 4.78 is 22.2. The third-order valence-electron chi connectivity index (χ3n) is 11.4. The number of nitrogens with one attached hydrogen (secondary N) is 1. The van der Waals surface area contributed by atoms with E-state index in [1.165, 1.54) is 88.9 Å². The second-order valence-corrected chi connectivity index (χ2v) is 15.3. The number of rotatable bonds is 19. The molecule has 0 radical (unpaired) electrons. The van der Waals surface area contributed by atoms with Crippen LogP contribution in [0.2, 0.25) is 0 Å². The fourth-order valence-corrected chi connectivity index (χ4v) is 8.23. The number of carbonyl (C=O) groups excluding carboxylic acids is 2. The highest BCUT2D eigenvalue weighted by Gasteiger charge is 2.32. The van der Waals surface area contributed by atoms with Gasteiger partial charge < -0.3 is 24.3 Å². The van der Waals surface area contributed by atoms with Crippen molar-refractivity contribution in [3.63, 3.8) is 0 Å². The number of benzene rings is 3. The maximum atomic E-state index is 12.0. The maximum absolute atomic E-state index is 12.0. The Bertz CT molecular complexity index is 1660. The highest BCUT2D eigenvalue weighted by Crippen LogP contribution is 2.46. The van der Waals surface area contributed by atoms with E-state index in [2.05, 4.69) is 67.9 Å². The third kappa shape index (κ3) is 11.8. The predicted molar refractivity (Wildman–Crippen MR) is 218 cm³/mol. The topological polar surface area (TPSA) is 83.1 Å². The summed E-state index contributed by atoms with van der Waals surface area (Å²) >= 11 is 0. The zero-order valence-electron chi connectivity index (χ0n) is 32.8. The van der Waals surface area contributed by atoms with E-state index in [1.807, 2.05) is 24.3 Å². The van der Waals surface area contributed by atoms with Crippen molar-refractivity contribution in [1.82, 2.24) is 5.32 Å². The van der Waals surface area contributed by atoms with Crippen LogP contribution in [0.3, 0.4) is 0 Å². The van der Waals surface area contributed by atoms with E-state index >= 15 is 0 Å². The summed E-state index contributed by atoms with van der Waals surface area (Å²) in [6.45, 7) is 12.8. The van der Waals surface area contributed by atoms with Gasteiger partial charge in [-0.05, 0) is 121 Å². The van der Waals surface area contributed by atoms with Crippen LogP contribution in [0, 0.1) is 17.8 Å². The van der Waals surface area contributed by atoms with Crippen LogP contribution in [0.5, 0.6) is 11.5 Å². The van der Waals surface area contributed by atoms with E-state index in [1.54, 1.807) is 6.92 Å². The Balaban J connectivity index is 1.21. The highest BCUT2D eigenvalue weighted by atomic mass is 16.6. The fourth-order valence-electron chi connectivity index (χ4n) is 8.23. The van der Waals surface area contributed by atoms with E-state index in [4.69, 9.17) is 18.9 Å². The Labute approximate surface area is 323 Å². The van der Waals surface area contributed by atoms with Gasteiger partial charge in [-0.2, -0.15) is 0 Å². The third-order valence-corrected chi connectivity index (χ3v) is 11.4. The Hall–Kier alpha value is -4.36. The van der Waals surface area contributed by atoms with Crippen LogP contribution in [0.4, 0.5) is 0 Å². The molecule has 0 bridgehead atoms. The summed E-state index contributed by atoms with van der Waals surface area (Å²) in [4.78, 5) is 23.9. The Morgan fingerprint density at radius 1 is 0.741 bits per heavy atom. The molecule has 2 saturated carbocycles. The quantitative estimate of drug-likeness (QED) is 0.0750. The van der Waals surface area contributed by atoms with Crippen molar-refractivity contribution < 1.29 is 28.5 Å². The lowest BCUT2D eigenvalue weighted by Crippen LogP contribution is -2.28. The summed E-state index contributed by atoms with van der Waals surface area (Å²) in [6, 6.07) is 23.2. The lowest BCUT2D eigenvalue weighted by molar-refractivity contribution is -0.140. The molecule has 3 aromatic rings. The summed E-state index contributed by atoms with van der Waals surface area (Å²) in [7, 11) is 1.51. The van der Waals surface area contributed by atoms with Crippen molar-refractivity contribution in [2.45, 2.75) is 90.4 Å². The predicted octanol–water partition coefficient (Wildman–Crippen LogP) is 10.5. The van der Waals surface area contributed by atoms with Crippen molar-refractivity contribution in [1.29, 1.82) is 0 Å². The van der Waals surface area contributed by atoms with E-state index in [0.29, 0.717) is 30.4 Å². The molecule has 54 heavy (non-hydrogen) atoms. The lowest BCUT2D eigenvalue weighted by Gasteiger charge is -2.38. The Morgan fingerprint density at radius 3 is 1.94 bits per heavy atom. The number of hydrogen-bond acceptors (Lipinski definition) is 6. The van der Waals surface area contributed by atoms with Crippen LogP contribution in [0.25, 0.3) is 22.3 Å². The van der Waals surface area contributed by atoms with Gasteiger partial charge in [0.15, 0.2) is 0 Å². The van der Waals surface area contributed by atoms with Crippen LogP contribution in [-0.2, 0) is 19.1 Å². The molecule has 7 nitrogen and oxygen atoms in total. The zero-order valence-corrected chi connectivity index (χ0v) is 32.8. The molecule has 2 aliphatic carbocycles. The van der Waals surface area contributed by atoms with Crippen molar-refractivity contribution in [3.05, 3.63) is 96.6 Å². The second-order valence-electron chi connectivity index (χ2n) is 15.3. The van der Waals surface area contributed by atoms with Crippen molar-refractivity contribution in [2.24, 2.45) is 17.8 Å². The second kappa shape index (κ2) is 20.9. The van der Waals surface area contributed by atoms with Gasteiger partial charge in [0.25, 0.3) is 0 Å². The molecule has 0 heterocycles. The fraction of sp³-hybridized carbons (Fsp3) is 0.489. The molecule has 1 amide bonds. The minimum Gasteiger partial charge on any atom is -0.491 e. The summed E-state index contributed by atoms with van der Waals surface area (Å²) in [5.74, 6) is 4.19. The number of amides is 1. The molecule has 0 aliphatic heterocycles. The molecule has 0 atom stereocenters. The van der Waals surface area contributed by atoms with Gasteiger partial charge in [-0.3, -0.25) is 4.79 Å². The molecule has 0 spiro atoms. The normalized spacial score (nSPS) is 19.8. The van der Waals surface area contributed by atoms with Gasteiger partial charge in [0.2, 0.25) is 5.91 Å². The van der Waals surface area contributed by atoms with Crippen LogP contribution < -0.4 is 14.8 Å². The van der Waals surface area contributed by atoms with Gasteiger partial charge in [-0.25, -0.2) is 4.79 Å². The van der Waals surface area contributed by atoms with E-state index in [9.17, 15) is 9.59 Å². The number of ether oxygens (including phenoxy) is 4. The SMILES string of the molecule is C=C(C)C(=O)NCCOc1ccc(-c2ccc(-c3ccc(OCCOC(=O)C(=C)COC)cc3)cc2)cc1C1CCC(C2CCC(CCCC)CC2)CC1. The zero-order chi connectivity index (χ0) is 38.3. The molecule has 3 aromatic carbocycles. The molecule has 290 valence electrons. The number of unbranched alkanes of at least 4 members (excludes halogenated alkanes) is 1. The highest BCUT2D eigenvalue weighted by molar-refractivity contribution is 5.92. The summed E-state index contributed by atoms with van der Waals surface area (Å²) in [6.07, 6.45) is 14.8. The van der Waals surface area contributed by atoms with Gasteiger partial charge in [0.05, 0.1) is 18.7 Å². The standard InChI is InChI=1S/C47H61NO6/c1-6-7-8-35-9-11-36(12-10-35)38-17-19-41(20-18-38)44-31-42(23-26-45(44)53-28-27-48-46(49)33(2)3)40-15-13-37(14-16-40)39-21-24-43(25-22-39)52-29-30-54-47(50)34(4)32-51-5/h13-16,21-26,31,35-36,38,41H,2,4,6-12,17-20,27-30,32H2,1,3,5H3,(H,48,49). The minimum atomic E-state index is -0.478. The van der Waals surface area contributed by atoms with E-state index in [0.717, 1.165) is 40.2 Å². The Morgan fingerprint density at radius 2 is 1.33 bits per heavy atom. The average molecular weight is 736 g/mol. The van der Waals surface area contributed by atoms with Crippen molar-refractivity contribution in [2.75, 3.05) is 40.1 Å². The first-order chi connectivity index (χ1) is 26.2. The van der Waals surface area contributed by atoms with Crippen LogP contribution in [-0.4, -0.2) is 52.0 Å². The molecular weight excluding hydrogens is 675 g/mol. The molecule has 0 aromatic heterocycles. The maximum Gasteiger partial charge on any atom is 0.335 e. The van der Waals surface area contributed by atoms with Crippen molar-refractivity contribution >= 4 is 11.9 Å². The average Bonchev–Trinajstić information content (AvgIpc) is 3.20. The number of hydrogen-bond donors (Lipinski definition) is 1. The van der Waals surface area contributed by atoms with E-state index in [-0.39, 0.29) is 31.3 Å². The van der Waals surface area contributed by atoms with Crippen molar-refractivity contribution in [3.8, 4) is 33.8 Å². The number of methoxy groups -OCH3 is 1. The first-order valence-electron chi connectivity index (χ1n) is 20.1. The molecule has 7 heteroatoms. The molecule has 0 saturated heterocycles. The van der Waals surface area contributed by atoms with Gasteiger partial charge in [0.1, 0.15) is 31.3 Å². The molecular formula is C47H61NO6. The van der Waals surface area contributed by atoms with Gasteiger partial charge in [-0.15, -0.1) is 0 Å². The smallest absolute Gasteiger partial charge is 0.335 e. The number of esters is 1. The van der Waals surface area contributed by atoms with Gasteiger partial charge in [0, 0.05) is 12.7 Å². The molecule has 5 rings (SSSR count). The first-order valence-corrected chi connectivity index (χ1v) is 20.1. The summed E-state index contributed by atoms with van der Waals surface area (Å²) in [5.41, 5.74) is 6.62. The van der Waals surface area contributed by atoms with E-state index < -0.39 is 5.97 Å². The van der Waals surface area contributed by atoms with Crippen LogP contribution in [0.15, 0.2) is 91.0 Å². The van der Waals surface area contributed by atoms with Gasteiger partial charge >= 0.3 is 5.97 Å². The molecule has 1 N–H and O–H groups in total. The molecule has 2 fully saturated rings. The molecule has 0 unspecified atom stereocenters. The molecule has 2 aliphatic rings. The van der Waals surface area contributed by atoms with Gasteiger partial charge in [-0.1, -0.05) is 94.7 Å². The lowest BCUT2D eigenvalue weighted by atomic mass is 9.68. The van der Waals surface area contributed by atoms with Crippen LogP contribution >= 0.6 is 0 Å². The largest absolute Gasteiger partial charge is 0.491 e. The Kier molecular flexibility index (Phi) is 15.8. The summed E-state index contributed by atoms with van der Waals surface area (Å²) in [5, 5.41) is 2.90. The first kappa shape index (κ1) is 40.8.